The molecule has 0 radical (unpaired) electrons. The smallest absolute Gasteiger partial charge is 0.408 e. The monoisotopic (exact) mass is 275 g/mol. The third-order valence-electron chi connectivity index (χ3n) is 2.07. The summed E-state index contributed by atoms with van der Waals surface area (Å²) in [6.07, 6.45) is 4.75. The van der Waals surface area contributed by atoms with Gasteiger partial charge in [-0.1, -0.05) is 28.1 Å². The maximum absolute atomic E-state index is 11.4. The van der Waals surface area contributed by atoms with Crippen LogP contribution in [-0.2, 0) is 4.74 Å². The van der Waals surface area contributed by atoms with Crippen molar-refractivity contribution in [3.63, 3.8) is 0 Å². The molecule has 0 saturated carbocycles. The molecule has 0 spiro atoms. The molecule has 1 aliphatic rings. The van der Waals surface area contributed by atoms with Gasteiger partial charge in [-0.2, -0.15) is 0 Å². The van der Waals surface area contributed by atoms with Gasteiger partial charge in [-0.05, 0) is 33.1 Å². The third kappa shape index (κ3) is 4.69. The Morgan fingerprint density at radius 2 is 2.20 bits per heavy atom. The number of halogens is 1. The van der Waals surface area contributed by atoms with Crippen molar-refractivity contribution < 1.29 is 9.53 Å². The molecule has 0 aliphatic heterocycles. The van der Waals surface area contributed by atoms with E-state index in [9.17, 15) is 4.79 Å². The van der Waals surface area contributed by atoms with Crippen molar-refractivity contribution in [2.75, 3.05) is 5.33 Å². The van der Waals surface area contributed by atoms with Crippen LogP contribution in [0.25, 0.3) is 0 Å². The van der Waals surface area contributed by atoms with E-state index in [0.717, 1.165) is 11.8 Å². The predicted molar refractivity (Wildman–Crippen MR) is 64.2 cm³/mol. The van der Waals surface area contributed by atoms with Crippen molar-refractivity contribution >= 4 is 22.0 Å². The summed E-state index contributed by atoms with van der Waals surface area (Å²) < 4.78 is 5.17. The highest BCUT2D eigenvalue weighted by Gasteiger charge is 2.22. The lowest BCUT2D eigenvalue weighted by atomic mass is 10.1. The van der Waals surface area contributed by atoms with Crippen LogP contribution in [0.3, 0.4) is 0 Å². The fourth-order valence-electron chi connectivity index (χ4n) is 1.45. The average Bonchev–Trinajstić information content (AvgIpc) is 2.48. The zero-order chi connectivity index (χ0) is 11.5. The Morgan fingerprint density at radius 3 is 2.67 bits per heavy atom. The molecule has 0 fully saturated rings. The van der Waals surface area contributed by atoms with Gasteiger partial charge in [-0.25, -0.2) is 4.79 Å². The Labute approximate surface area is 99.4 Å². The minimum atomic E-state index is -0.429. The second kappa shape index (κ2) is 5.01. The minimum absolute atomic E-state index is 0.113. The van der Waals surface area contributed by atoms with Crippen LogP contribution >= 0.6 is 15.9 Å². The standard InChI is InChI=1S/C11H18BrNO2/c1-11(2,3)15-10(14)13-9-5-4-8(6-9)7-12/h4-5,8-9H,6-7H2,1-3H3,(H,13,14). The normalized spacial score (nSPS) is 25.3. The lowest BCUT2D eigenvalue weighted by Gasteiger charge is -2.21. The Morgan fingerprint density at radius 1 is 1.53 bits per heavy atom. The predicted octanol–water partition coefficient (Wildman–Crippen LogP) is 2.85. The number of alkyl halides is 1. The summed E-state index contributed by atoms with van der Waals surface area (Å²) in [4.78, 5) is 11.4. The van der Waals surface area contributed by atoms with E-state index in [4.69, 9.17) is 4.74 Å². The van der Waals surface area contributed by atoms with Crippen LogP contribution in [0.5, 0.6) is 0 Å². The molecule has 0 aromatic carbocycles. The van der Waals surface area contributed by atoms with E-state index >= 15 is 0 Å². The van der Waals surface area contributed by atoms with Gasteiger partial charge >= 0.3 is 6.09 Å². The van der Waals surface area contributed by atoms with Gasteiger partial charge in [-0.3, -0.25) is 0 Å². The van der Waals surface area contributed by atoms with Crippen molar-refractivity contribution in [1.82, 2.24) is 5.32 Å². The van der Waals surface area contributed by atoms with Crippen LogP contribution in [0.1, 0.15) is 27.2 Å². The molecular formula is C11H18BrNO2. The Kier molecular flexibility index (Phi) is 4.20. The Hall–Kier alpha value is -0.510. The third-order valence-corrected chi connectivity index (χ3v) is 2.90. The van der Waals surface area contributed by atoms with Gasteiger partial charge in [0.25, 0.3) is 0 Å². The maximum Gasteiger partial charge on any atom is 0.408 e. The van der Waals surface area contributed by atoms with Crippen LogP contribution in [0.2, 0.25) is 0 Å². The molecule has 0 aromatic rings. The van der Waals surface area contributed by atoms with Gasteiger partial charge < -0.3 is 10.1 Å². The van der Waals surface area contributed by atoms with Gasteiger partial charge in [0.1, 0.15) is 5.60 Å². The first-order valence-corrected chi connectivity index (χ1v) is 6.26. The maximum atomic E-state index is 11.4. The summed E-state index contributed by atoms with van der Waals surface area (Å²) in [5.41, 5.74) is -0.429. The number of rotatable bonds is 2. The molecule has 2 unspecified atom stereocenters. The molecule has 4 heteroatoms. The number of hydrogen-bond donors (Lipinski definition) is 1. The van der Waals surface area contributed by atoms with E-state index in [1.54, 1.807) is 0 Å². The van der Waals surface area contributed by atoms with E-state index in [1.165, 1.54) is 0 Å². The van der Waals surface area contributed by atoms with Crippen LogP contribution in [0.4, 0.5) is 4.79 Å². The summed E-state index contributed by atoms with van der Waals surface area (Å²) in [6.45, 7) is 5.58. The van der Waals surface area contributed by atoms with Crippen molar-refractivity contribution in [3.8, 4) is 0 Å². The van der Waals surface area contributed by atoms with Crippen molar-refractivity contribution in [2.45, 2.75) is 38.8 Å². The summed E-state index contributed by atoms with van der Waals surface area (Å²) in [6, 6.07) is 0.113. The van der Waals surface area contributed by atoms with E-state index in [0.29, 0.717) is 5.92 Å². The second-order valence-electron chi connectivity index (χ2n) is 4.79. The highest BCUT2D eigenvalue weighted by atomic mass is 79.9. The average molecular weight is 276 g/mol. The van der Waals surface area contributed by atoms with Crippen LogP contribution in [0, 0.1) is 5.92 Å². The first-order valence-electron chi connectivity index (χ1n) is 5.14. The molecule has 3 nitrogen and oxygen atoms in total. The van der Waals surface area contributed by atoms with Crippen molar-refractivity contribution in [2.24, 2.45) is 5.92 Å². The molecule has 0 saturated heterocycles. The van der Waals surface area contributed by atoms with Crippen molar-refractivity contribution in [3.05, 3.63) is 12.2 Å². The van der Waals surface area contributed by atoms with Crippen LogP contribution in [0.15, 0.2) is 12.2 Å². The molecule has 86 valence electrons. The summed E-state index contributed by atoms with van der Waals surface area (Å²) >= 11 is 3.42. The summed E-state index contributed by atoms with van der Waals surface area (Å²) in [5.74, 6) is 0.518. The quantitative estimate of drug-likeness (QED) is 0.622. The number of ether oxygens (including phenoxy) is 1. The largest absolute Gasteiger partial charge is 0.444 e. The SMILES string of the molecule is CC(C)(C)OC(=O)NC1C=CC(CBr)C1. The molecular weight excluding hydrogens is 258 g/mol. The van der Waals surface area contributed by atoms with Crippen molar-refractivity contribution in [1.29, 1.82) is 0 Å². The highest BCUT2D eigenvalue weighted by molar-refractivity contribution is 9.09. The van der Waals surface area contributed by atoms with Gasteiger partial charge in [0, 0.05) is 5.33 Å². The van der Waals surface area contributed by atoms with Gasteiger partial charge in [0.2, 0.25) is 0 Å². The Balaban J connectivity index is 2.32. The van der Waals surface area contributed by atoms with E-state index in [-0.39, 0.29) is 12.1 Å². The molecule has 1 amide bonds. The number of hydrogen-bond acceptors (Lipinski definition) is 2. The zero-order valence-corrected chi connectivity index (χ0v) is 11.0. The van der Waals surface area contributed by atoms with Crippen LogP contribution < -0.4 is 5.32 Å². The summed E-state index contributed by atoms with van der Waals surface area (Å²) in [7, 11) is 0. The zero-order valence-electron chi connectivity index (χ0n) is 9.42. The van der Waals surface area contributed by atoms with Gasteiger partial charge in [0.05, 0.1) is 6.04 Å². The molecule has 0 heterocycles. The van der Waals surface area contributed by atoms with Crippen LogP contribution in [-0.4, -0.2) is 23.1 Å². The lowest BCUT2D eigenvalue weighted by Crippen LogP contribution is -2.37. The van der Waals surface area contributed by atoms with Gasteiger partial charge in [0.15, 0.2) is 0 Å². The fraction of sp³-hybridized carbons (Fsp3) is 0.727. The Bertz CT molecular complexity index is 258. The number of alkyl carbamates (subject to hydrolysis) is 1. The molecule has 2 atom stereocenters. The molecule has 1 aliphatic carbocycles. The number of carbonyl (C=O) groups is 1. The minimum Gasteiger partial charge on any atom is -0.444 e. The lowest BCUT2D eigenvalue weighted by molar-refractivity contribution is 0.0513. The topological polar surface area (TPSA) is 38.3 Å². The number of amides is 1. The summed E-state index contributed by atoms with van der Waals surface area (Å²) in [5, 5.41) is 3.77. The number of carbonyl (C=O) groups excluding carboxylic acids is 1. The number of nitrogens with one attached hydrogen (secondary N) is 1. The highest BCUT2D eigenvalue weighted by Crippen LogP contribution is 2.20. The van der Waals surface area contributed by atoms with E-state index in [2.05, 4.69) is 27.3 Å². The fourth-order valence-corrected chi connectivity index (χ4v) is 1.94. The molecule has 1 N–H and O–H groups in total. The molecule has 0 aromatic heterocycles. The molecule has 0 bridgehead atoms. The van der Waals surface area contributed by atoms with E-state index < -0.39 is 5.60 Å². The van der Waals surface area contributed by atoms with Gasteiger partial charge in [-0.15, -0.1) is 0 Å². The number of allylic oxidation sites excluding steroid dienone is 1. The molecule has 15 heavy (non-hydrogen) atoms. The molecule has 1 rings (SSSR count). The second-order valence-corrected chi connectivity index (χ2v) is 5.44. The first-order chi connectivity index (χ1) is 6.90. The van der Waals surface area contributed by atoms with E-state index in [1.807, 2.05) is 26.8 Å². The first kappa shape index (κ1) is 12.6.